The molecule has 4 heteroatoms. The second kappa shape index (κ2) is 4.97. The van der Waals surface area contributed by atoms with Crippen molar-refractivity contribution >= 4 is 5.91 Å². The molecular formula is C10H16N2O2. The average molecular weight is 196 g/mol. The number of nitrogens with zero attached hydrogens (tertiary/aromatic N) is 2. The van der Waals surface area contributed by atoms with Crippen molar-refractivity contribution in [2.45, 2.75) is 25.9 Å². The first-order chi connectivity index (χ1) is 6.70. The molecule has 1 rings (SSSR count). The van der Waals surface area contributed by atoms with Gasteiger partial charge in [-0.15, -0.1) is 0 Å². The summed E-state index contributed by atoms with van der Waals surface area (Å²) in [6.45, 7) is 2.83. The van der Waals surface area contributed by atoms with E-state index in [1.54, 1.807) is 7.05 Å². The minimum atomic E-state index is -0.0432. The number of hydrogen-bond acceptors (Lipinski definition) is 3. The molecule has 2 atom stereocenters. The van der Waals surface area contributed by atoms with Crippen molar-refractivity contribution in [1.82, 2.24) is 4.90 Å². The maximum atomic E-state index is 11.8. The highest BCUT2D eigenvalue weighted by atomic mass is 16.5. The molecule has 0 aliphatic carbocycles. The summed E-state index contributed by atoms with van der Waals surface area (Å²) in [5.41, 5.74) is 0. The van der Waals surface area contributed by atoms with Crippen LogP contribution < -0.4 is 0 Å². The second-order valence-corrected chi connectivity index (χ2v) is 3.57. The van der Waals surface area contributed by atoms with Gasteiger partial charge in [-0.05, 0) is 12.8 Å². The molecule has 78 valence electrons. The Labute approximate surface area is 84.4 Å². The number of rotatable bonds is 3. The van der Waals surface area contributed by atoms with Crippen molar-refractivity contribution in [1.29, 1.82) is 5.26 Å². The van der Waals surface area contributed by atoms with E-state index in [1.807, 2.05) is 13.0 Å². The second-order valence-electron chi connectivity index (χ2n) is 3.57. The molecule has 1 aliphatic rings. The topological polar surface area (TPSA) is 53.3 Å². The maximum Gasteiger partial charge on any atom is 0.228 e. The van der Waals surface area contributed by atoms with Gasteiger partial charge in [0, 0.05) is 13.7 Å². The van der Waals surface area contributed by atoms with Crippen molar-refractivity contribution in [3.05, 3.63) is 0 Å². The molecule has 0 aromatic heterocycles. The van der Waals surface area contributed by atoms with Gasteiger partial charge in [-0.2, -0.15) is 5.26 Å². The predicted molar refractivity (Wildman–Crippen MR) is 51.4 cm³/mol. The highest BCUT2D eigenvalue weighted by Crippen LogP contribution is 2.24. The van der Waals surface area contributed by atoms with Crippen LogP contribution in [0.2, 0.25) is 0 Å². The van der Waals surface area contributed by atoms with Crippen LogP contribution in [0.4, 0.5) is 0 Å². The van der Waals surface area contributed by atoms with Gasteiger partial charge in [0.25, 0.3) is 0 Å². The van der Waals surface area contributed by atoms with Gasteiger partial charge < -0.3 is 9.64 Å². The Morgan fingerprint density at radius 1 is 1.71 bits per heavy atom. The van der Waals surface area contributed by atoms with Crippen LogP contribution in [0, 0.1) is 17.2 Å². The molecule has 1 amide bonds. The lowest BCUT2D eigenvalue weighted by Gasteiger charge is -2.21. The molecule has 0 N–H and O–H groups in total. The minimum Gasteiger partial charge on any atom is -0.377 e. The largest absolute Gasteiger partial charge is 0.377 e. The van der Waals surface area contributed by atoms with Gasteiger partial charge >= 0.3 is 0 Å². The monoisotopic (exact) mass is 196 g/mol. The van der Waals surface area contributed by atoms with Crippen LogP contribution in [0.25, 0.3) is 0 Å². The van der Waals surface area contributed by atoms with E-state index < -0.39 is 0 Å². The number of amides is 1. The Kier molecular flexibility index (Phi) is 3.90. The summed E-state index contributed by atoms with van der Waals surface area (Å²) in [6, 6.07) is 1.97. The van der Waals surface area contributed by atoms with Crippen LogP contribution in [-0.4, -0.2) is 37.1 Å². The van der Waals surface area contributed by atoms with Crippen molar-refractivity contribution in [3.63, 3.8) is 0 Å². The van der Waals surface area contributed by atoms with Gasteiger partial charge in [0.05, 0.1) is 18.1 Å². The number of carbonyl (C=O) groups excluding carboxylic acids is 1. The molecule has 2 unspecified atom stereocenters. The molecule has 0 bridgehead atoms. The minimum absolute atomic E-state index is 0.0379. The molecule has 1 saturated heterocycles. The molecule has 0 radical (unpaired) electrons. The van der Waals surface area contributed by atoms with Crippen LogP contribution in [0.3, 0.4) is 0 Å². The lowest BCUT2D eigenvalue weighted by Crippen LogP contribution is -2.36. The van der Waals surface area contributed by atoms with Crippen LogP contribution in [0.1, 0.15) is 19.8 Å². The molecule has 14 heavy (non-hydrogen) atoms. The number of hydrogen-bond donors (Lipinski definition) is 0. The van der Waals surface area contributed by atoms with Crippen LogP contribution in [0.15, 0.2) is 0 Å². The van der Waals surface area contributed by atoms with Gasteiger partial charge in [0.2, 0.25) is 5.91 Å². The van der Waals surface area contributed by atoms with Crippen molar-refractivity contribution < 1.29 is 9.53 Å². The third-order valence-corrected chi connectivity index (χ3v) is 2.61. The summed E-state index contributed by atoms with van der Waals surface area (Å²) in [5, 5.41) is 8.48. The molecule has 0 aromatic carbocycles. The van der Waals surface area contributed by atoms with Crippen molar-refractivity contribution in [3.8, 4) is 6.07 Å². The van der Waals surface area contributed by atoms with E-state index in [4.69, 9.17) is 10.00 Å². The van der Waals surface area contributed by atoms with E-state index in [1.165, 1.54) is 4.90 Å². The highest BCUT2D eigenvalue weighted by molar-refractivity contribution is 5.79. The maximum absolute atomic E-state index is 11.8. The van der Waals surface area contributed by atoms with Gasteiger partial charge in [-0.25, -0.2) is 0 Å². The van der Waals surface area contributed by atoms with Crippen LogP contribution in [-0.2, 0) is 9.53 Å². The number of nitriles is 1. The van der Waals surface area contributed by atoms with Gasteiger partial charge in [0.15, 0.2) is 0 Å². The Morgan fingerprint density at radius 3 is 3.00 bits per heavy atom. The normalized spacial score (nSPS) is 25.8. The quantitative estimate of drug-likeness (QED) is 0.627. The first-order valence-electron chi connectivity index (χ1n) is 4.94. The first kappa shape index (κ1) is 11.0. The Balaban J connectivity index is 2.55. The van der Waals surface area contributed by atoms with E-state index in [2.05, 4.69) is 0 Å². The molecular weight excluding hydrogens is 180 g/mol. The summed E-state index contributed by atoms with van der Waals surface area (Å²) in [6.07, 6.45) is 1.69. The Hall–Kier alpha value is -1.08. The molecule has 0 saturated carbocycles. The Bertz CT molecular complexity index is 247. The van der Waals surface area contributed by atoms with Crippen molar-refractivity contribution in [2.24, 2.45) is 5.92 Å². The zero-order valence-corrected chi connectivity index (χ0v) is 8.69. The lowest BCUT2D eigenvalue weighted by molar-refractivity contribution is -0.135. The highest BCUT2D eigenvalue weighted by Gasteiger charge is 2.34. The molecule has 0 aromatic rings. The summed E-state index contributed by atoms with van der Waals surface area (Å²) in [5.74, 6) is -0.00532. The summed E-state index contributed by atoms with van der Waals surface area (Å²) in [4.78, 5) is 13.3. The summed E-state index contributed by atoms with van der Waals surface area (Å²) >= 11 is 0. The average Bonchev–Trinajstić information content (AvgIpc) is 2.64. The fourth-order valence-corrected chi connectivity index (χ4v) is 1.80. The fourth-order valence-electron chi connectivity index (χ4n) is 1.80. The van der Waals surface area contributed by atoms with Crippen LogP contribution >= 0.6 is 0 Å². The van der Waals surface area contributed by atoms with E-state index >= 15 is 0 Å². The zero-order valence-electron chi connectivity index (χ0n) is 8.69. The number of ether oxygens (including phenoxy) is 1. The third kappa shape index (κ3) is 2.24. The van der Waals surface area contributed by atoms with E-state index in [0.717, 1.165) is 12.8 Å². The SMILES string of the molecule is CCC1OCCC1C(=O)N(C)CC#N. The molecule has 4 nitrogen and oxygen atoms in total. The Morgan fingerprint density at radius 2 is 2.43 bits per heavy atom. The zero-order chi connectivity index (χ0) is 10.6. The first-order valence-corrected chi connectivity index (χ1v) is 4.94. The summed E-state index contributed by atoms with van der Waals surface area (Å²) in [7, 11) is 1.66. The van der Waals surface area contributed by atoms with Crippen molar-refractivity contribution in [2.75, 3.05) is 20.2 Å². The molecule has 1 fully saturated rings. The molecule has 1 heterocycles. The molecule has 1 aliphatic heterocycles. The third-order valence-electron chi connectivity index (χ3n) is 2.61. The standard InChI is InChI=1S/C10H16N2O2/c1-3-9-8(4-7-14-9)10(13)12(2)6-5-11/h8-9H,3-4,6-7H2,1-2H3. The van der Waals surface area contributed by atoms with Gasteiger partial charge in [-0.3, -0.25) is 4.79 Å². The smallest absolute Gasteiger partial charge is 0.228 e. The van der Waals surface area contributed by atoms with E-state index in [0.29, 0.717) is 6.61 Å². The van der Waals surface area contributed by atoms with E-state index in [-0.39, 0.29) is 24.5 Å². The summed E-state index contributed by atoms with van der Waals surface area (Å²) < 4.78 is 5.43. The van der Waals surface area contributed by atoms with Crippen LogP contribution in [0.5, 0.6) is 0 Å². The number of carbonyl (C=O) groups is 1. The van der Waals surface area contributed by atoms with Gasteiger partial charge in [-0.1, -0.05) is 6.92 Å². The predicted octanol–water partition coefficient (Wildman–Crippen LogP) is 0.783. The van der Waals surface area contributed by atoms with E-state index in [9.17, 15) is 4.79 Å². The van der Waals surface area contributed by atoms with Gasteiger partial charge in [0.1, 0.15) is 6.54 Å². The lowest BCUT2D eigenvalue weighted by atomic mass is 9.98. The molecule has 0 spiro atoms. The fraction of sp³-hybridized carbons (Fsp3) is 0.800.